The number of hydrogen-bond donors (Lipinski definition) is 1. The summed E-state index contributed by atoms with van der Waals surface area (Å²) in [6, 6.07) is 0. The molecule has 1 aromatic heterocycles. The maximum atomic E-state index is 5.60. The summed E-state index contributed by atoms with van der Waals surface area (Å²) in [5.74, 6) is 0. The first-order valence-electron chi connectivity index (χ1n) is 4.80. The Morgan fingerprint density at radius 3 is 3.00 bits per heavy atom. The molecule has 1 aliphatic carbocycles. The summed E-state index contributed by atoms with van der Waals surface area (Å²) in [5, 5.41) is 2.23. The first kappa shape index (κ1) is 8.97. The van der Waals surface area contributed by atoms with E-state index in [4.69, 9.17) is 5.73 Å². The van der Waals surface area contributed by atoms with Crippen molar-refractivity contribution in [2.75, 3.05) is 6.54 Å². The molecule has 13 heavy (non-hydrogen) atoms. The van der Waals surface area contributed by atoms with E-state index in [9.17, 15) is 0 Å². The fourth-order valence-corrected chi connectivity index (χ4v) is 3.09. The minimum Gasteiger partial charge on any atom is -0.326 e. The fourth-order valence-electron chi connectivity index (χ4n) is 1.90. The molecule has 0 aliphatic heterocycles. The second-order valence-corrected chi connectivity index (χ2v) is 4.53. The molecule has 0 saturated heterocycles. The van der Waals surface area contributed by atoms with Crippen LogP contribution in [0.2, 0.25) is 0 Å². The van der Waals surface area contributed by atoms with Gasteiger partial charge in [-0.15, -0.1) is 11.3 Å². The number of hydrogen-bond acceptors (Lipinski definition) is 2. The van der Waals surface area contributed by atoms with Gasteiger partial charge < -0.3 is 5.73 Å². The first-order valence-corrected chi connectivity index (χ1v) is 5.68. The van der Waals surface area contributed by atoms with Crippen molar-refractivity contribution in [1.82, 2.24) is 0 Å². The molecule has 2 rings (SSSR count). The van der Waals surface area contributed by atoms with Gasteiger partial charge in [-0.2, -0.15) is 0 Å². The van der Waals surface area contributed by atoms with Crippen molar-refractivity contribution in [2.24, 2.45) is 5.73 Å². The van der Waals surface area contributed by atoms with Crippen LogP contribution in [0.5, 0.6) is 0 Å². The summed E-state index contributed by atoms with van der Waals surface area (Å²) >= 11 is 1.88. The predicted molar refractivity (Wildman–Crippen MR) is 59.0 cm³/mol. The van der Waals surface area contributed by atoms with E-state index in [0.29, 0.717) is 6.54 Å². The summed E-state index contributed by atoms with van der Waals surface area (Å²) in [6.07, 6.45) is 5.17. The Balaban J connectivity index is 2.36. The van der Waals surface area contributed by atoms with Crippen LogP contribution in [0.15, 0.2) is 12.0 Å². The van der Waals surface area contributed by atoms with Crippen LogP contribution in [0.4, 0.5) is 0 Å². The molecule has 0 amide bonds. The highest BCUT2D eigenvalue weighted by Gasteiger charge is 2.16. The molecular weight excluding hydrogens is 178 g/mol. The van der Waals surface area contributed by atoms with E-state index in [-0.39, 0.29) is 0 Å². The molecule has 0 radical (unpaired) electrons. The average Bonchev–Trinajstić information content (AvgIpc) is 2.60. The summed E-state index contributed by atoms with van der Waals surface area (Å²) in [6.45, 7) is 4.59. The molecule has 0 aromatic carbocycles. The lowest BCUT2D eigenvalue weighted by Crippen LogP contribution is -2.05. The molecule has 0 saturated carbocycles. The van der Waals surface area contributed by atoms with Crippen LogP contribution in [0.1, 0.15) is 28.8 Å². The van der Waals surface area contributed by atoms with E-state index in [1.807, 2.05) is 11.3 Å². The molecule has 2 N–H and O–H groups in total. The van der Waals surface area contributed by atoms with Crippen LogP contribution in [0, 0.1) is 0 Å². The molecule has 0 bridgehead atoms. The third kappa shape index (κ3) is 1.56. The average molecular weight is 193 g/mol. The number of thiophene rings is 1. The Labute approximate surface area is 83.3 Å². The molecule has 1 aromatic rings. The summed E-state index contributed by atoms with van der Waals surface area (Å²) in [4.78, 5) is 1.57. The summed E-state index contributed by atoms with van der Waals surface area (Å²) in [5.41, 5.74) is 9.57. The molecule has 1 heterocycles. The van der Waals surface area contributed by atoms with Crippen LogP contribution in [0.3, 0.4) is 0 Å². The van der Waals surface area contributed by atoms with Gasteiger partial charge in [0.05, 0.1) is 0 Å². The Kier molecular flexibility index (Phi) is 2.51. The zero-order valence-corrected chi connectivity index (χ0v) is 8.62. The van der Waals surface area contributed by atoms with Crippen molar-refractivity contribution in [3.8, 4) is 0 Å². The number of rotatable bonds is 2. The van der Waals surface area contributed by atoms with E-state index >= 15 is 0 Å². The largest absolute Gasteiger partial charge is 0.326 e. The maximum absolute atomic E-state index is 5.60. The minimum atomic E-state index is 0.586. The highest BCUT2D eigenvalue weighted by atomic mass is 32.1. The Bertz CT molecular complexity index is 325. The maximum Gasteiger partial charge on any atom is 0.0178 e. The quantitative estimate of drug-likeness (QED) is 0.767. The van der Waals surface area contributed by atoms with Gasteiger partial charge in [0.15, 0.2) is 0 Å². The molecule has 0 fully saturated rings. The first-order chi connectivity index (χ1) is 6.33. The zero-order valence-electron chi connectivity index (χ0n) is 7.81. The molecule has 70 valence electrons. The van der Waals surface area contributed by atoms with Crippen molar-refractivity contribution in [3.05, 3.63) is 28.0 Å². The molecule has 1 nitrogen and oxygen atoms in total. The van der Waals surface area contributed by atoms with Gasteiger partial charge in [0.1, 0.15) is 0 Å². The van der Waals surface area contributed by atoms with Crippen LogP contribution in [-0.4, -0.2) is 6.54 Å². The number of nitrogens with two attached hydrogens (primary N) is 1. The topological polar surface area (TPSA) is 26.0 Å². The van der Waals surface area contributed by atoms with Gasteiger partial charge in [0.25, 0.3) is 0 Å². The van der Waals surface area contributed by atoms with Gasteiger partial charge in [0, 0.05) is 11.4 Å². The Morgan fingerprint density at radius 1 is 1.46 bits per heavy atom. The molecular formula is C11H15NS. The molecule has 1 aliphatic rings. The van der Waals surface area contributed by atoms with Gasteiger partial charge in [-0.05, 0) is 47.8 Å². The standard InChI is InChI=1S/C11H15NS/c1-8(6-12)10-7-13-11-5-3-2-4-9(10)11/h7H,1-6,12H2. The van der Waals surface area contributed by atoms with Crippen molar-refractivity contribution in [2.45, 2.75) is 25.7 Å². The third-order valence-corrected chi connectivity index (χ3v) is 3.78. The van der Waals surface area contributed by atoms with Gasteiger partial charge in [-0.1, -0.05) is 6.58 Å². The van der Waals surface area contributed by atoms with Gasteiger partial charge >= 0.3 is 0 Å². The Morgan fingerprint density at radius 2 is 2.23 bits per heavy atom. The number of fused-ring (bicyclic) bond motifs is 1. The smallest absolute Gasteiger partial charge is 0.0178 e. The fraction of sp³-hybridized carbons (Fsp3) is 0.455. The van der Waals surface area contributed by atoms with Crippen LogP contribution in [0.25, 0.3) is 5.57 Å². The Hall–Kier alpha value is -0.600. The molecule has 0 atom stereocenters. The minimum absolute atomic E-state index is 0.586. The predicted octanol–water partition coefficient (Wildman–Crippen LogP) is 2.60. The highest BCUT2D eigenvalue weighted by molar-refractivity contribution is 7.10. The van der Waals surface area contributed by atoms with Crippen molar-refractivity contribution in [1.29, 1.82) is 0 Å². The lowest BCUT2D eigenvalue weighted by Gasteiger charge is -2.13. The number of aryl methyl sites for hydroxylation is 1. The van der Waals surface area contributed by atoms with Gasteiger partial charge in [0.2, 0.25) is 0 Å². The van der Waals surface area contributed by atoms with Crippen molar-refractivity contribution < 1.29 is 0 Å². The lowest BCUT2D eigenvalue weighted by atomic mass is 9.93. The molecule has 0 spiro atoms. The highest BCUT2D eigenvalue weighted by Crippen LogP contribution is 2.33. The summed E-state index contributed by atoms with van der Waals surface area (Å²) in [7, 11) is 0. The van der Waals surface area contributed by atoms with E-state index in [2.05, 4.69) is 12.0 Å². The third-order valence-electron chi connectivity index (χ3n) is 2.69. The van der Waals surface area contributed by atoms with Gasteiger partial charge in [-0.3, -0.25) is 0 Å². The van der Waals surface area contributed by atoms with Crippen molar-refractivity contribution in [3.63, 3.8) is 0 Å². The van der Waals surface area contributed by atoms with E-state index in [1.54, 1.807) is 4.88 Å². The van der Waals surface area contributed by atoms with E-state index < -0.39 is 0 Å². The second kappa shape index (κ2) is 3.64. The molecule has 2 heteroatoms. The van der Waals surface area contributed by atoms with Crippen LogP contribution < -0.4 is 5.73 Å². The summed E-state index contributed by atoms with van der Waals surface area (Å²) < 4.78 is 0. The normalized spacial score (nSPS) is 15.5. The van der Waals surface area contributed by atoms with E-state index in [1.165, 1.54) is 36.8 Å². The van der Waals surface area contributed by atoms with Gasteiger partial charge in [-0.25, -0.2) is 0 Å². The van der Waals surface area contributed by atoms with E-state index in [0.717, 1.165) is 5.57 Å². The van der Waals surface area contributed by atoms with Crippen molar-refractivity contribution >= 4 is 16.9 Å². The van der Waals surface area contributed by atoms with Crippen LogP contribution >= 0.6 is 11.3 Å². The second-order valence-electron chi connectivity index (χ2n) is 3.57. The monoisotopic (exact) mass is 193 g/mol. The molecule has 0 unspecified atom stereocenters. The SMILES string of the molecule is C=C(CN)c1csc2c1CCCC2. The lowest BCUT2D eigenvalue weighted by molar-refractivity contribution is 0.696. The zero-order chi connectivity index (χ0) is 9.26. The van der Waals surface area contributed by atoms with Crippen LogP contribution in [-0.2, 0) is 12.8 Å².